The van der Waals surface area contributed by atoms with E-state index < -0.39 is 0 Å². The summed E-state index contributed by atoms with van der Waals surface area (Å²) in [6.45, 7) is 13.0. The Kier molecular flexibility index (Phi) is 4.90. The van der Waals surface area contributed by atoms with Crippen molar-refractivity contribution in [3.8, 4) is 0 Å². The van der Waals surface area contributed by atoms with E-state index in [9.17, 15) is 0 Å². The van der Waals surface area contributed by atoms with E-state index in [1.54, 1.807) is 5.56 Å². The number of benzene rings is 1. The molecule has 1 atom stereocenters. The summed E-state index contributed by atoms with van der Waals surface area (Å²) in [4.78, 5) is 2.74. The highest BCUT2D eigenvalue weighted by atomic mass is 15.2. The van der Waals surface area contributed by atoms with Gasteiger partial charge in [-0.1, -0.05) is 51.0 Å². The number of rotatable bonds is 2. The standard InChI is InChI=1S/C19H31N/c1-15(2)16-11-8-9-12-17(16)18-13-7-6-10-14-20(18)19(3,4)5/h8-9,11-12,15,18H,6-7,10,13-14H2,1-5H3. The molecule has 0 saturated carbocycles. The van der Waals surface area contributed by atoms with Gasteiger partial charge in [-0.2, -0.15) is 0 Å². The Morgan fingerprint density at radius 2 is 1.75 bits per heavy atom. The summed E-state index contributed by atoms with van der Waals surface area (Å²) >= 11 is 0. The minimum atomic E-state index is 0.249. The molecule has 0 bridgehead atoms. The quantitative estimate of drug-likeness (QED) is 0.685. The number of likely N-dealkylation sites (tertiary alicyclic amines) is 1. The van der Waals surface area contributed by atoms with E-state index in [0.29, 0.717) is 12.0 Å². The molecule has 1 aromatic rings. The van der Waals surface area contributed by atoms with Crippen LogP contribution in [-0.4, -0.2) is 17.0 Å². The molecule has 0 amide bonds. The maximum absolute atomic E-state index is 2.74. The smallest absolute Gasteiger partial charge is 0.0356 e. The van der Waals surface area contributed by atoms with Crippen LogP contribution in [0.15, 0.2) is 24.3 Å². The Balaban J connectivity index is 2.41. The lowest BCUT2D eigenvalue weighted by Gasteiger charge is -2.42. The van der Waals surface area contributed by atoms with Crippen molar-refractivity contribution < 1.29 is 0 Å². The van der Waals surface area contributed by atoms with Crippen molar-refractivity contribution >= 4 is 0 Å². The van der Waals surface area contributed by atoms with Gasteiger partial charge in [-0.25, -0.2) is 0 Å². The summed E-state index contributed by atoms with van der Waals surface area (Å²) in [5, 5.41) is 0. The van der Waals surface area contributed by atoms with Crippen molar-refractivity contribution in [2.75, 3.05) is 6.54 Å². The lowest BCUT2D eigenvalue weighted by molar-refractivity contribution is 0.0838. The van der Waals surface area contributed by atoms with Gasteiger partial charge in [-0.15, -0.1) is 0 Å². The summed E-state index contributed by atoms with van der Waals surface area (Å²) in [5.74, 6) is 0.608. The van der Waals surface area contributed by atoms with Gasteiger partial charge in [0.1, 0.15) is 0 Å². The zero-order valence-corrected chi connectivity index (χ0v) is 13.9. The fraction of sp³-hybridized carbons (Fsp3) is 0.684. The lowest BCUT2D eigenvalue weighted by Crippen LogP contribution is -2.44. The van der Waals surface area contributed by atoms with Gasteiger partial charge in [-0.05, 0) is 57.2 Å². The van der Waals surface area contributed by atoms with Gasteiger partial charge in [0.05, 0.1) is 0 Å². The highest BCUT2D eigenvalue weighted by Crippen LogP contribution is 2.38. The third-order valence-electron chi connectivity index (χ3n) is 4.59. The van der Waals surface area contributed by atoms with E-state index in [1.807, 2.05) is 0 Å². The largest absolute Gasteiger partial charge is 0.291 e. The Bertz CT molecular complexity index is 428. The Labute approximate surface area is 125 Å². The second-order valence-corrected chi connectivity index (χ2v) is 7.51. The average Bonchev–Trinajstić information content (AvgIpc) is 2.63. The average molecular weight is 273 g/mol. The van der Waals surface area contributed by atoms with Crippen molar-refractivity contribution in [1.82, 2.24) is 4.90 Å². The molecule has 1 aromatic carbocycles. The molecule has 20 heavy (non-hydrogen) atoms. The molecule has 1 saturated heterocycles. The highest BCUT2D eigenvalue weighted by molar-refractivity contribution is 5.33. The predicted molar refractivity (Wildman–Crippen MR) is 88.2 cm³/mol. The van der Waals surface area contributed by atoms with Crippen LogP contribution in [0.1, 0.15) is 83.4 Å². The third-order valence-corrected chi connectivity index (χ3v) is 4.59. The number of nitrogens with zero attached hydrogens (tertiary/aromatic N) is 1. The van der Waals surface area contributed by atoms with E-state index >= 15 is 0 Å². The van der Waals surface area contributed by atoms with Crippen LogP contribution >= 0.6 is 0 Å². The normalized spacial score (nSPS) is 22.0. The van der Waals surface area contributed by atoms with E-state index in [0.717, 1.165) is 0 Å². The lowest BCUT2D eigenvalue weighted by atomic mass is 9.88. The zero-order valence-electron chi connectivity index (χ0n) is 13.9. The van der Waals surface area contributed by atoms with E-state index in [-0.39, 0.29) is 5.54 Å². The zero-order chi connectivity index (χ0) is 14.8. The van der Waals surface area contributed by atoms with Crippen molar-refractivity contribution in [1.29, 1.82) is 0 Å². The highest BCUT2D eigenvalue weighted by Gasteiger charge is 2.32. The van der Waals surface area contributed by atoms with Crippen LogP contribution < -0.4 is 0 Å². The molecule has 1 heteroatoms. The summed E-state index contributed by atoms with van der Waals surface area (Å²) in [7, 11) is 0. The van der Waals surface area contributed by atoms with Gasteiger partial charge in [0, 0.05) is 11.6 Å². The number of hydrogen-bond donors (Lipinski definition) is 0. The maximum Gasteiger partial charge on any atom is 0.0356 e. The second-order valence-electron chi connectivity index (χ2n) is 7.51. The summed E-state index contributed by atoms with van der Waals surface area (Å²) in [5.41, 5.74) is 3.35. The van der Waals surface area contributed by atoms with Gasteiger partial charge < -0.3 is 0 Å². The van der Waals surface area contributed by atoms with Gasteiger partial charge in [0.25, 0.3) is 0 Å². The van der Waals surface area contributed by atoms with Crippen LogP contribution in [0.5, 0.6) is 0 Å². The van der Waals surface area contributed by atoms with Crippen LogP contribution in [0.25, 0.3) is 0 Å². The topological polar surface area (TPSA) is 3.24 Å². The van der Waals surface area contributed by atoms with Crippen molar-refractivity contribution in [2.45, 2.75) is 77.8 Å². The SMILES string of the molecule is CC(C)c1ccccc1C1CCCCCN1C(C)(C)C. The maximum atomic E-state index is 2.74. The first-order valence-corrected chi connectivity index (χ1v) is 8.27. The Hall–Kier alpha value is -0.820. The molecule has 1 aliphatic rings. The molecule has 0 N–H and O–H groups in total. The molecular formula is C19H31N. The van der Waals surface area contributed by atoms with Crippen LogP contribution in [0, 0.1) is 0 Å². The number of hydrogen-bond acceptors (Lipinski definition) is 1. The fourth-order valence-corrected chi connectivity index (χ4v) is 3.57. The molecule has 0 aromatic heterocycles. The van der Waals surface area contributed by atoms with Crippen molar-refractivity contribution in [2.24, 2.45) is 0 Å². The summed E-state index contributed by atoms with van der Waals surface area (Å²) in [6.07, 6.45) is 5.40. The van der Waals surface area contributed by atoms with Crippen molar-refractivity contribution in [3.63, 3.8) is 0 Å². The molecule has 112 valence electrons. The van der Waals surface area contributed by atoms with Gasteiger partial charge >= 0.3 is 0 Å². The first kappa shape index (κ1) is 15.6. The van der Waals surface area contributed by atoms with E-state index in [1.165, 1.54) is 37.8 Å². The molecule has 2 rings (SSSR count). The molecule has 1 aliphatic heterocycles. The second kappa shape index (κ2) is 6.30. The fourth-order valence-electron chi connectivity index (χ4n) is 3.57. The molecule has 0 radical (unpaired) electrons. The van der Waals surface area contributed by atoms with Crippen molar-refractivity contribution in [3.05, 3.63) is 35.4 Å². The molecule has 0 aliphatic carbocycles. The summed E-state index contributed by atoms with van der Waals surface area (Å²) in [6, 6.07) is 9.69. The van der Waals surface area contributed by atoms with Crippen LogP contribution in [-0.2, 0) is 0 Å². The molecule has 0 spiro atoms. The first-order chi connectivity index (χ1) is 9.41. The molecule has 1 heterocycles. The molecule has 1 unspecified atom stereocenters. The van der Waals surface area contributed by atoms with Gasteiger partial charge in [0.15, 0.2) is 0 Å². The van der Waals surface area contributed by atoms with Crippen LogP contribution in [0.2, 0.25) is 0 Å². The minimum Gasteiger partial charge on any atom is -0.291 e. The Morgan fingerprint density at radius 1 is 1.05 bits per heavy atom. The van der Waals surface area contributed by atoms with Crippen LogP contribution in [0.3, 0.4) is 0 Å². The van der Waals surface area contributed by atoms with E-state index in [4.69, 9.17) is 0 Å². The van der Waals surface area contributed by atoms with E-state index in [2.05, 4.69) is 63.8 Å². The van der Waals surface area contributed by atoms with Gasteiger partial charge in [0.2, 0.25) is 0 Å². The monoisotopic (exact) mass is 273 g/mol. The summed E-state index contributed by atoms with van der Waals surface area (Å²) < 4.78 is 0. The third kappa shape index (κ3) is 3.44. The predicted octanol–water partition coefficient (Wildman–Crippen LogP) is 5.53. The Morgan fingerprint density at radius 3 is 2.40 bits per heavy atom. The first-order valence-electron chi connectivity index (χ1n) is 8.27. The molecule has 1 nitrogen and oxygen atoms in total. The molecule has 1 fully saturated rings. The molecular weight excluding hydrogens is 242 g/mol. The minimum absolute atomic E-state index is 0.249. The van der Waals surface area contributed by atoms with Gasteiger partial charge in [-0.3, -0.25) is 4.90 Å². The van der Waals surface area contributed by atoms with Crippen LogP contribution in [0.4, 0.5) is 0 Å².